The molecule has 1 heterocycles. The largest absolute Gasteiger partial charge is 0.418 e. The molecule has 0 aliphatic carbocycles. The van der Waals surface area contributed by atoms with Gasteiger partial charge in [-0.15, -0.1) is 0 Å². The van der Waals surface area contributed by atoms with Crippen LogP contribution in [-0.2, 0) is 6.18 Å². The van der Waals surface area contributed by atoms with Crippen molar-refractivity contribution < 1.29 is 13.2 Å². The maximum Gasteiger partial charge on any atom is 0.418 e. The summed E-state index contributed by atoms with van der Waals surface area (Å²) in [6.07, 6.45) is -4.29. The molecule has 0 aliphatic heterocycles. The maximum absolute atomic E-state index is 12.5. The molecule has 1 aromatic carbocycles. The number of para-hydroxylation sites is 1. The van der Waals surface area contributed by atoms with Crippen LogP contribution in [0.3, 0.4) is 0 Å². The van der Waals surface area contributed by atoms with E-state index in [4.69, 9.17) is 0 Å². The van der Waals surface area contributed by atoms with Crippen LogP contribution in [-0.4, -0.2) is 4.98 Å². The Kier molecular flexibility index (Phi) is 1.80. The number of aromatic nitrogens is 1. The molecule has 4 heteroatoms. The summed E-state index contributed by atoms with van der Waals surface area (Å²) < 4.78 is 37.5. The summed E-state index contributed by atoms with van der Waals surface area (Å²) in [4.78, 5) is 2.71. The molecule has 0 saturated heterocycles. The van der Waals surface area contributed by atoms with Crippen LogP contribution in [0.25, 0.3) is 10.9 Å². The predicted octanol–water partition coefficient (Wildman–Crippen LogP) is 3.50. The standard InChI is InChI=1S/C10H8F3N/c1-6-5-7-3-2-4-8(9(7)14-6)10(11,12)13/h2-5,14H,1H3. The number of nitrogens with one attached hydrogen (secondary N) is 1. The van der Waals surface area contributed by atoms with Crippen molar-refractivity contribution >= 4 is 10.9 Å². The van der Waals surface area contributed by atoms with E-state index in [-0.39, 0.29) is 5.52 Å². The number of benzene rings is 1. The van der Waals surface area contributed by atoms with Crippen LogP contribution in [0.5, 0.6) is 0 Å². The second kappa shape index (κ2) is 2.77. The number of halogens is 3. The van der Waals surface area contributed by atoms with Gasteiger partial charge in [-0.05, 0) is 19.1 Å². The van der Waals surface area contributed by atoms with Crippen LogP contribution in [0.2, 0.25) is 0 Å². The molecule has 0 fully saturated rings. The van der Waals surface area contributed by atoms with Gasteiger partial charge in [0.05, 0.1) is 11.1 Å². The first kappa shape index (κ1) is 9.12. The van der Waals surface area contributed by atoms with Gasteiger partial charge in [0.1, 0.15) is 0 Å². The van der Waals surface area contributed by atoms with Crippen molar-refractivity contribution in [3.05, 3.63) is 35.5 Å². The monoisotopic (exact) mass is 199 g/mol. The molecule has 1 aromatic heterocycles. The Hall–Kier alpha value is -1.45. The molecule has 0 aliphatic rings. The number of alkyl halides is 3. The van der Waals surface area contributed by atoms with E-state index < -0.39 is 11.7 Å². The van der Waals surface area contributed by atoms with Gasteiger partial charge < -0.3 is 4.98 Å². The van der Waals surface area contributed by atoms with Crippen molar-refractivity contribution in [2.24, 2.45) is 0 Å². The van der Waals surface area contributed by atoms with E-state index >= 15 is 0 Å². The van der Waals surface area contributed by atoms with Crippen molar-refractivity contribution in [1.82, 2.24) is 4.98 Å². The summed E-state index contributed by atoms with van der Waals surface area (Å²) in [6.45, 7) is 1.74. The van der Waals surface area contributed by atoms with Crippen LogP contribution >= 0.6 is 0 Å². The number of hydrogen-bond acceptors (Lipinski definition) is 0. The lowest BCUT2D eigenvalue weighted by molar-refractivity contribution is -0.136. The van der Waals surface area contributed by atoms with Gasteiger partial charge in [-0.3, -0.25) is 0 Å². The Morgan fingerprint density at radius 2 is 1.93 bits per heavy atom. The van der Waals surface area contributed by atoms with Gasteiger partial charge in [-0.25, -0.2) is 0 Å². The first-order valence-corrected chi connectivity index (χ1v) is 4.14. The fourth-order valence-corrected chi connectivity index (χ4v) is 1.53. The van der Waals surface area contributed by atoms with Crippen LogP contribution in [0, 0.1) is 6.92 Å². The lowest BCUT2D eigenvalue weighted by atomic mass is 10.1. The van der Waals surface area contributed by atoms with E-state index in [0.717, 1.165) is 11.8 Å². The number of H-pyrrole nitrogens is 1. The average molecular weight is 199 g/mol. The van der Waals surface area contributed by atoms with E-state index in [0.29, 0.717) is 5.39 Å². The fourth-order valence-electron chi connectivity index (χ4n) is 1.53. The molecule has 1 N–H and O–H groups in total. The van der Waals surface area contributed by atoms with Gasteiger partial charge in [0.2, 0.25) is 0 Å². The number of aromatic amines is 1. The molecule has 0 unspecified atom stereocenters. The highest BCUT2D eigenvalue weighted by atomic mass is 19.4. The molecular weight excluding hydrogens is 191 g/mol. The Labute approximate surface area is 78.5 Å². The summed E-state index contributed by atoms with van der Waals surface area (Å²) in [5.74, 6) is 0. The second-order valence-electron chi connectivity index (χ2n) is 3.22. The van der Waals surface area contributed by atoms with E-state index in [1.54, 1.807) is 19.1 Å². The maximum atomic E-state index is 12.5. The molecule has 2 rings (SSSR count). The Morgan fingerprint density at radius 1 is 1.21 bits per heavy atom. The lowest BCUT2D eigenvalue weighted by Crippen LogP contribution is -2.05. The Morgan fingerprint density at radius 3 is 2.57 bits per heavy atom. The summed E-state index contributed by atoms with van der Waals surface area (Å²) in [5, 5.41) is 0.595. The van der Waals surface area contributed by atoms with E-state index in [2.05, 4.69) is 4.98 Å². The highest BCUT2D eigenvalue weighted by molar-refractivity contribution is 5.83. The quantitative estimate of drug-likeness (QED) is 0.668. The van der Waals surface area contributed by atoms with Crippen molar-refractivity contribution in [3.63, 3.8) is 0 Å². The topological polar surface area (TPSA) is 15.8 Å². The van der Waals surface area contributed by atoms with E-state index in [1.165, 1.54) is 6.07 Å². The van der Waals surface area contributed by atoms with Crippen LogP contribution in [0.4, 0.5) is 13.2 Å². The molecule has 0 amide bonds. The van der Waals surface area contributed by atoms with Gasteiger partial charge in [0.15, 0.2) is 0 Å². The number of rotatable bonds is 0. The van der Waals surface area contributed by atoms with E-state index in [1.807, 2.05) is 0 Å². The molecule has 0 saturated carbocycles. The number of hydrogen-bond donors (Lipinski definition) is 1. The zero-order valence-corrected chi connectivity index (χ0v) is 7.44. The Bertz CT molecular complexity index is 468. The molecule has 74 valence electrons. The van der Waals surface area contributed by atoms with Crippen molar-refractivity contribution in [3.8, 4) is 0 Å². The third-order valence-corrected chi connectivity index (χ3v) is 2.10. The minimum atomic E-state index is -4.29. The van der Waals surface area contributed by atoms with Crippen molar-refractivity contribution in [2.45, 2.75) is 13.1 Å². The first-order chi connectivity index (χ1) is 6.48. The van der Waals surface area contributed by atoms with Gasteiger partial charge in [-0.1, -0.05) is 12.1 Å². The molecule has 0 bridgehead atoms. The van der Waals surface area contributed by atoms with Crippen LogP contribution in [0.1, 0.15) is 11.3 Å². The SMILES string of the molecule is Cc1cc2cccc(C(F)(F)F)c2[nH]1. The van der Waals surface area contributed by atoms with Gasteiger partial charge in [-0.2, -0.15) is 13.2 Å². The van der Waals surface area contributed by atoms with Crippen molar-refractivity contribution in [1.29, 1.82) is 0 Å². The molecule has 2 aromatic rings. The summed E-state index contributed by atoms with van der Waals surface area (Å²) in [7, 11) is 0. The molecule has 1 nitrogen and oxygen atoms in total. The molecule has 0 radical (unpaired) electrons. The minimum Gasteiger partial charge on any atom is -0.358 e. The third kappa shape index (κ3) is 1.36. The summed E-state index contributed by atoms with van der Waals surface area (Å²) >= 11 is 0. The molecule has 14 heavy (non-hydrogen) atoms. The highest BCUT2D eigenvalue weighted by Crippen LogP contribution is 2.34. The normalized spacial score (nSPS) is 12.3. The minimum absolute atomic E-state index is 0.164. The second-order valence-corrected chi connectivity index (χ2v) is 3.22. The Balaban J connectivity index is 2.77. The average Bonchev–Trinajstić information content (AvgIpc) is 2.41. The molecular formula is C10H8F3N. The zero-order valence-electron chi connectivity index (χ0n) is 7.44. The summed E-state index contributed by atoms with van der Waals surface area (Å²) in [6, 6.07) is 5.86. The highest BCUT2D eigenvalue weighted by Gasteiger charge is 2.32. The molecule has 0 spiro atoms. The molecule has 0 atom stereocenters. The first-order valence-electron chi connectivity index (χ1n) is 4.14. The lowest BCUT2D eigenvalue weighted by Gasteiger charge is -2.07. The third-order valence-electron chi connectivity index (χ3n) is 2.10. The van der Waals surface area contributed by atoms with Gasteiger partial charge in [0, 0.05) is 11.1 Å². The van der Waals surface area contributed by atoms with Crippen LogP contribution in [0.15, 0.2) is 24.3 Å². The fraction of sp³-hybridized carbons (Fsp3) is 0.200. The number of fused-ring (bicyclic) bond motifs is 1. The number of aryl methyl sites for hydroxylation is 1. The predicted molar refractivity (Wildman–Crippen MR) is 48.0 cm³/mol. The van der Waals surface area contributed by atoms with Crippen LogP contribution < -0.4 is 0 Å². The van der Waals surface area contributed by atoms with E-state index in [9.17, 15) is 13.2 Å². The smallest absolute Gasteiger partial charge is 0.358 e. The zero-order chi connectivity index (χ0) is 10.3. The summed E-state index contributed by atoms with van der Waals surface area (Å²) in [5.41, 5.74) is 0.289. The van der Waals surface area contributed by atoms with Gasteiger partial charge >= 0.3 is 6.18 Å². The van der Waals surface area contributed by atoms with Crippen molar-refractivity contribution in [2.75, 3.05) is 0 Å². The van der Waals surface area contributed by atoms with Gasteiger partial charge in [0.25, 0.3) is 0 Å².